The summed E-state index contributed by atoms with van der Waals surface area (Å²) < 4.78 is 9.76. The summed E-state index contributed by atoms with van der Waals surface area (Å²) in [6.45, 7) is 4.60. The maximum atomic E-state index is 12.2. The van der Waals surface area contributed by atoms with Crippen molar-refractivity contribution in [2.75, 3.05) is 27.2 Å². The number of amides is 1. The van der Waals surface area contributed by atoms with Crippen molar-refractivity contribution in [1.82, 2.24) is 10.2 Å². The molecule has 256 valence electrons. The lowest BCUT2D eigenvalue weighted by atomic mass is 10.0. The molecule has 4 aromatic rings. The number of aromatic hydroxyl groups is 2. The van der Waals surface area contributed by atoms with Gasteiger partial charge in [0.2, 0.25) is 0 Å². The summed E-state index contributed by atoms with van der Waals surface area (Å²) in [4.78, 5) is 46.9. The molecule has 4 aromatic carbocycles. The van der Waals surface area contributed by atoms with Gasteiger partial charge in [-0.05, 0) is 67.4 Å². The summed E-state index contributed by atoms with van der Waals surface area (Å²) in [5.41, 5.74) is 4.26. The van der Waals surface area contributed by atoms with Gasteiger partial charge in [-0.1, -0.05) is 72.8 Å². The maximum Gasteiger partial charge on any atom is 0.410 e. The smallest absolute Gasteiger partial charge is 0.410 e. The van der Waals surface area contributed by atoms with Crippen LogP contribution < -0.4 is 5.32 Å². The van der Waals surface area contributed by atoms with E-state index < -0.39 is 11.5 Å². The van der Waals surface area contributed by atoms with Gasteiger partial charge in [0.1, 0.15) is 13.2 Å². The van der Waals surface area contributed by atoms with Gasteiger partial charge in [0.05, 0.1) is 13.1 Å². The summed E-state index contributed by atoms with van der Waals surface area (Å²) in [5.74, 6) is -0.729. The molecule has 0 spiro atoms. The Kier molecular flexibility index (Phi) is 18.7. The Labute approximate surface area is 291 Å². The number of ketones is 2. The second kappa shape index (κ2) is 21.8. The molecule has 0 heterocycles. The van der Waals surface area contributed by atoms with Crippen LogP contribution in [0.3, 0.4) is 0 Å². The Hall–Kier alpha value is -4.90. The summed E-state index contributed by atoms with van der Waals surface area (Å²) in [6.07, 6.45) is -0.508. The SMILES string of the molecule is CNCC(=O)c1ccc(O)c(O)c1.Cc1ccc(C(=O)CN(C)C(=O)OCc2ccccc2)cc1C.Cl.O=C(Cl)OCc1ccccc1. The number of rotatable bonds is 10. The van der Waals surface area contributed by atoms with E-state index in [4.69, 9.17) is 26.6 Å². The number of phenolic OH excluding ortho intramolecular Hbond substituents is 2. The average Bonchev–Trinajstić information content (AvgIpc) is 3.06. The summed E-state index contributed by atoms with van der Waals surface area (Å²) in [5, 5.41) is 20.8. The Bertz CT molecular complexity index is 1620. The van der Waals surface area contributed by atoms with Crippen LogP contribution in [0.15, 0.2) is 97.1 Å². The van der Waals surface area contributed by atoms with Crippen molar-refractivity contribution in [3.05, 3.63) is 130 Å². The Morgan fingerprint density at radius 3 is 1.73 bits per heavy atom. The number of nitrogens with one attached hydrogen (secondary N) is 1. The topological polar surface area (TPSA) is 142 Å². The molecule has 0 bridgehead atoms. The molecule has 3 N–H and O–H groups in total. The third-order valence-electron chi connectivity index (χ3n) is 6.56. The van der Waals surface area contributed by atoms with E-state index in [0.717, 1.165) is 22.3 Å². The van der Waals surface area contributed by atoms with E-state index in [2.05, 4.69) is 10.1 Å². The van der Waals surface area contributed by atoms with E-state index in [9.17, 15) is 19.2 Å². The zero-order valence-corrected chi connectivity index (χ0v) is 28.7. The molecule has 1 amide bonds. The molecular formula is C36H40Cl2N2O8. The molecule has 0 unspecified atom stereocenters. The molecule has 0 aliphatic rings. The predicted molar refractivity (Wildman–Crippen MR) is 187 cm³/mol. The van der Waals surface area contributed by atoms with Gasteiger partial charge < -0.3 is 29.9 Å². The standard InChI is InChI=1S/C19H21NO3.C9H11NO3.C8H7ClO2.ClH/c1-14-9-10-17(11-15(14)2)18(21)12-20(3)19(22)23-13-16-7-5-4-6-8-16;1-10-5-9(13)6-2-3-7(11)8(12)4-6;9-8(10)11-6-7-4-2-1-3-5-7;/h4-11H,12-13H2,1-3H3;2-4,10-12H,5H2,1H3;1-5H,6H2;1H. The molecule has 0 saturated carbocycles. The minimum absolute atomic E-state index is 0. The lowest BCUT2D eigenvalue weighted by Gasteiger charge is -2.16. The molecule has 12 heteroatoms. The largest absolute Gasteiger partial charge is 0.504 e. The first-order chi connectivity index (χ1) is 22.4. The van der Waals surface area contributed by atoms with Crippen molar-refractivity contribution in [2.45, 2.75) is 27.1 Å². The third kappa shape index (κ3) is 15.1. The predicted octanol–water partition coefficient (Wildman–Crippen LogP) is 7.24. The second-order valence-corrected chi connectivity index (χ2v) is 10.6. The van der Waals surface area contributed by atoms with E-state index in [-0.39, 0.29) is 61.8 Å². The van der Waals surface area contributed by atoms with Gasteiger partial charge >= 0.3 is 11.5 Å². The van der Waals surface area contributed by atoms with Gasteiger partial charge in [-0.2, -0.15) is 0 Å². The summed E-state index contributed by atoms with van der Waals surface area (Å²) in [7, 11) is 3.23. The van der Waals surface area contributed by atoms with Crippen LogP contribution in [0.4, 0.5) is 9.59 Å². The zero-order valence-electron chi connectivity index (χ0n) is 27.1. The fourth-order valence-corrected chi connectivity index (χ4v) is 3.84. The van der Waals surface area contributed by atoms with Crippen LogP contribution in [0, 0.1) is 13.8 Å². The Morgan fingerprint density at radius 2 is 1.23 bits per heavy atom. The molecule has 0 aromatic heterocycles. The molecule has 0 saturated heterocycles. The van der Waals surface area contributed by atoms with Crippen LogP contribution >= 0.6 is 24.0 Å². The monoisotopic (exact) mass is 698 g/mol. The van der Waals surface area contributed by atoms with E-state index in [1.807, 2.05) is 86.6 Å². The first-order valence-corrected chi connectivity index (χ1v) is 14.9. The number of phenols is 2. The van der Waals surface area contributed by atoms with Gasteiger partial charge in [0.15, 0.2) is 23.1 Å². The highest BCUT2D eigenvalue weighted by atomic mass is 35.5. The second-order valence-electron chi connectivity index (χ2n) is 10.3. The first kappa shape index (κ1) is 41.1. The van der Waals surface area contributed by atoms with Crippen molar-refractivity contribution in [1.29, 1.82) is 0 Å². The normalized spacial score (nSPS) is 9.69. The van der Waals surface area contributed by atoms with Crippen molar-refractivity contribution < 1.29 is 38.9 Å². The van der Waals surface area contributed by atoms with Crippen molar-refractivity contribution in [3.8, 4) is 11.5 Å². The lowest BCUT2D eigenvalue weighted by molar-refractivity contribution is 0.0850. The number of ether oxygens (including phenoxy) is 2. The number of hydrogen-bond donors (Lipinski definition) is 3. The van der Waals surface area contributed by atoms with E-state index in [1.165, 1.54) is 23.1 Å². The fourth-order valence-electron chi connectivity index (χ4n) is 3.79. The van der Waals surface area contributed by atoms with Crippen LogP contribution in [0.1, 0.15) is 43.0 Å². The minimum Gasteiger partial charge on any atom is -0.504 e. The highest BCUT2D eigenvalue weighted by Crippen LogP contribution is 2.24. The number of carbonyl (C=O) groups excluding carboxylic acids is 4. The van der Waals surface area contributed by atoms with Crippen molar-refractivity contribution in [3.63, 3.8) is 0 Å². The molecule has 0 aliphatic heterocycles. The number of benzene rings is 4. The average molecular weight is 700 g/mol. The Balaban J connectivity index is 0.000000391. The summed E-state index contributed by atoms with van der Waals surface area (Å²) in [6, 6.07) is 28.3. The number of carbonyl (C=O) groups is 4. The van der Waals surface area contributed by atoms with Crippen LogP contribution in [-0.4, -0.2) is 65.4 Å². The number of nitrogens with zero attached hydrogens (tertiary/aromatic N) is 1. The van der Waals surface area contributed by atoms with Crippen LogP contribution in [0.25, 0.3) is 0 Å². The fraction of sp³-hybridized carbons (Fsp3) is 0.222. The number of likely N-dealkylation sites (N-methyl/N-ethyl adjacent to an activating group) is 2. The first-order valence-electron chi connectivity index (χ1n) is 14.5. The van der Waals surface area contributed by atoms with E-state index in [0.29, 0.717) is 11.1 Å². The maximum absolute atomic E-state index is 12.2. The molecule has 0 atom stereocenters. The molecule has 0 aliphatic carbocycles. The van der Waals surface area contributed by atoms with Crippen molar-refractivity contribution >= 4 is 47.1 Å². The third-order valence-corrected chi connectivity index (χ3v) is 6.67. The van der Waals surface area contributed by atoms with Crippen LogP contribution in [0.2, 0.25) is 0 Å². The number of halogens is 2. The minimum atomic E-state index is -0.770. The molecule has 4 rings (SSSR count). The van der Waals surface area contributed by atoms with Gasteiger partial charge in [-0.25, -0.2) is 9.59 Å². The van der Waals surface area contributed by atoms with Gasteiger partial charge in [-0.15, -0.1) is 12.4 Å². The van der Waals surface area contributed by atoms with Crippen molar-refractivity contribution in [2.24, 2.45) is 0 Å². The molecule has 0 fully saturated rings. The molecule has 48 heavy (non-hydrogen) atoms. The number of Topliss-reactive ketones (excluding diaryl/α,β-unsaturated/α-hetero) is 2. The van der Waals surface area contributed by atoms with Gasteiger partial charge in [-0.3, -0.25) is 9.59 Å². The van der Waals surface area contributed by atoms with E-state index in [1.54, 1.807) is 20.2 Å². The van der Waals surface area contributed by atoms with E-state index >= 15 is 0 Å². The summed E-state index contributed by atoms with van der Waals surface area (Å²) >= 11 is 4.97. The van der Waals surface area contributed by atoms with Gasteiger partial charge in [0, 0.05) is 29.8 Å². The van der Waals surface area contributed by atoms with Gasteiger partial charge in [0.25, 0.3) is 0 Å². The van der Waals surface area contributed by atoms with Crippen LogP contribution in [-0.2, 0) is 22.7 Å². The highest BCUT2D eigenvalue weighted by Gasteiger charge is 2.16. The molecular weight excluding hydrogens is 659 g/mol. The van der Waals surface area contributed by atoms with Crippen LogP contribution in [0.5, 0.6) is 11.5 Å². The number of aryl methyl sites for hydroxylation is 2. The molecule has 10 nitrogen and oxygen atoms in total. The number of hydrogen-bond acceptors (Lipinski definition) is 9. The highest BCUT2D eigenvalue weighted by molar-refractivity contribution is 6.61. The molecule has 0 radical (unpaired) electrons. The quantitative estimate of drug-likeness (QED) is 0.0887. The Morgan fingerprint density at radius 1 is 0.708 bits per heavy atom. The zero-order chi connectivity index (χ0) is 34.8. The lowest BCUT2D eigenvalue weighted by Crippen LogP contribution is -2.32.